The largest absolute Gasteiger partial charge is 0.497 e. The number of ether oxygens (including phenoxy) is 3. The zero-order valence-corrected chi connectivity index (χ0v) is 8.81. The summed E-state index contributed by atoms with van der Waals surface area (Å²) in [6.45, 7) is 1.32. The minimum atomic E-state index is 0.0408. The molecule has 0 unspecified atom stereocenters. The van der Waals surface area contributed by atoms with Crippen LogP contribution in [0.15, 0.2) is 24.3 Å². The average molecular weight is 212 g/mol. The van der Waals surface area contributed by atoms with Crippen LogP contribution in [0, 0.1) is 0 Å². The van der Waals surface area contributed by atoms with Gasteiger partial charge in [0.1, 0.15) is 18.1 Å². The average Bonchev–Trinajstić information content (AvgIpc) is 2.29. The summed E-state index contributed by atoms with van der Waals surface area (Å²) in [5.41, 5.74) is 0. The van der Waals surface area contributed by atoms with Gasteiger partial charge in [-0.05, 0) is 12.1 Å². The van der Waals surface area contributed by atoms with Crippen LogP contribution in [0.3, 0.4) is 0 Å². The van der Waals surface area contributed by atoms with Gasteiger partial charge in [-0.15, -0.1) is 0 Å². The zero-order chi connectivity index (χ0) is 10.9. The molecule has 0 aliphatic rings. The van der Waals surface area contributed by atoms with E-state index in [0.29, 0.717) is 19.8 Å². The number of hydrogen-bond acceptors (Lipinski definition) is 4. The van der Waals surface area contributed by atoms with Gasteiger partial charge in [-0.2, -0.15) is 0 Å². The molecule has 15 heavy (non-hydrogen) atoms. The fourth-order valence-corrected chi connectivity index (χ4v) is 1.08. The van der Waals surface area contributed by atoms with E-state index in [0.717, 1.165) is 11.5 Å². The molecule has 4 nitrogen and oxygen atoms in total. The lowest BCUT2D eigenvalue weighted by Gasteiger charge is -2.07. The Morgan fingerprint density at radius 3 is 2.67 bits per heavy atom. The second kappa shape index (κ2) is 7.09. The molecule has 0 radical (unpaired) electrons. The van der Waals surface area contributed by atoms with Crippen molar-refractivity contribution in [2.75, 3.05) is 33.5 Å². The lowest BCUT2D eigenvalue weighted by Crippen LogP contribution is -2.09. The third kappa shape index (κ3) is 4.67. The molecule has 0 saturated heterocycles. The lowest BCUT2D eigenvalue weighted by atomic mass is 10.3. The Labute approximate surface area is 89.4 Å². The first-order valence-corrected chi connectivity index (χ1v) is 4.82. The van der Waals surface area contributed by atoms with E-state index >= 15 is 0 Å². The summed E-state index contributed by atoms with van der Waals surface area (Å²) in [5.74, 6) is 1.52. The molecule has 0 heterocycles. The van der Waals surface area contributed by atoms with Crippen molar-refractivity contribution in [2.24, 2.45) is 0 Å². The van der Waals surface area contributed by atoms with E-state index in [4.69, 9.17) is 19.3 Å². The summed E-state index contributed by atoms with van der Waals surface area (Å²) in [7, 11) is 1.61. The maximum atomic E-state index is 8.47. The SMILES string of the molecule is COc1cccc(OCCOCCO)c1. The minimum absolute atomic E-state index is 0.0408. The van der Waals surface area contributed by atoms with Gasteiger partial charge in [-0.1, -0.05) is 6.07 Å². The van der Waals surface area contributed by atoms with Crippen LogP contribution in [0.5, 0.6) is 11.5 Å². The Bertz CT molecular complexity index is 275. The van der Waals surface area contributed by atoms with Crippen LogP contribution in [-0.4, -0.2) is 38.6 Å². The third-order valence-electron chi connectivity index (χ3n) is 1.77. The van der Waals surface area contributed by atoms with Crippen LogP contribution < -0.4 is 9.47 Å². The monoisotopic (exact) mass is 212 g/mol. The highest BCUT2D eigenvalue weighted by molar-refractivity contribution is 5.32. The first-order valence-electron chi connectivity index (χ1n) is 4.82. The van der Waals surface area contributed by atoms with Crippen molar-refractivity contribution >= 4 is 0 Å². The summed E-state index contributed by atoms with van der Waals surface area (Å²) in [5, 5.41) is 8.47. The fraction of sp³-hybridized carbons (Fsp3) is 0.455. The van der Waals surface area contributed by atoms with Gasteiger partial charge in [0.15, 0.2) is 0 Å². The van der Waals surface area contributed by atoms with Crippen molar-refractivity contribution in [1.82, 2.24) is 0 Å². The van der Waals surface area contributed by atoms with Crippen molar-refractivity contribution in [3.63, 3.8) is 0 Å². The molecule has 0 aliphatic heterocycles. The molecule has 0 saturated carbocycles. The van der Waals surface area contributed by atoms with Crippen LogP contribution in [0.4, 0.5) is 0 Å². The molecule has 0 bridgehead atoms. The molecule has 0 aliphatic carbocycles. The smallest absolute Gasteiger partial charge is 0.123 e. The number of methoxy groups -OCH3 is 1. The van der Waals surface area contributed by atoms with Gasteiger partial charge in [0.25, 0.3) is 0 Å². The predicted octanol–water partition coefficient (Wildman–Crippen LogP) is 1.08. The molecular formula is C11H16O4. The number of rotatable bonds is 7. The van der Waals surface area contributed by atoms with Crippen LogP contribution in [0.2, 0.25) is 0 Å². The molecule has 0 amide bonds. The van der Waals surface area contributed by atoms with E-state index in [-0.39, 0.29) is 6.61 Å². The van der Waals surface area contributed by atoms with E-state index in [1.165, 1.54) is 0 Å². The van der Waals surface area contributed by atoms with Crippen LogP contribution in [0.1, 0.15) is 0 Å². The second-order valence-corrected chi connectivity index (χ2v) is 2.86. The van der Waals surface area contributed by atoms with Crippen molar-refractivity contribution in [3.05, 3.63) is 24.3 Å². The molecule has 1 rings (SSSR count). The molecule has 84 valence electrons. The van der Waals surface area contributed by atoms with Crippen molar-refractivity contribution in [3.8, 4) is 11.5 Å². The molecule has 0 atom stereocenters. The van der Waals surface area contributed by atoms with Gasteiger partial charge >= 0.3 is 0 Å². The molecule has 1 aromatic rings. The molecule has 1 N–H and O–H groups in total. The van der Waals surface area contributed by atoms with Crippen LogP contribution in [0.25, 0.3) is 0 Å². The molecule has 1 aromatic carbocycles. The van der Waals surface area contributed by atoms with Crippen molar-refractivity contribution in [1.29, 1.82) is 0 Å². The maximum Gasteiger partial charge on any atom is 0.123 e. The second-order valence-electron chi connectivity index (χ2n) is 2.86. The highest BCUT2D eigenvalue weighted by atomic mass is 16.5. The maximum absolute atomic E-state index is 8.47. The Balaban J connectivity index is 2.24. The topological polar surface area (TPSA) is 47.9 Å². The van der Waals surface area contributed by atoms with Gasteiger partial charge in [-0.3, -0.25) is 0 Å². The molecule has 0 spiro atoms. The quantitative estimate of drug-likeness (QED) is 0.687. The van der Waals surface area contributed by atoms with Crippen molar-refractivity contribution < 1.29 is 19.3 Å². The molecule has 0 aromatic heterocycles. The summed E-state index contributed by atoms with van der Waals surface area (Å²) in [6.07, 6.45) is 0. The number of hydrogen-bond donors (Lipinski definition) is 1. The highest BCUT2D eigenvalue weighted by Gasteiger charge is 1.96. The van der Waals surface area contributed by atoms with Crippen molar-refractivity contribution in [2.45, 2.75) is 0 Å². The van der Waals surface area contributed by atoms with Gasteiger partial charge in [0.2, 0.25) is 0 Å². The number of aliphatic hydroxyl groups excluding tert-OH is 1. The van der Waals surface area contributed by atoms with Gasteiger partial charge in [0.05, 0.1) is 26.9 Å². The van der Waals surface area contributed by atoms with Gasteiger partial charge < -0.3 is 19.3 Å². The van der Waals surface area contributed by atoms with Gasteiger partial charge in [0, 0.05) is 6.07 Å². The van der Waals surface area contributed by atoms with E-state index in [1.54, 1.807) is 7.11 Å². The predicted molar refractivity (Wildman–Crippen MR) is 56.4 cm³/mol. The van der Waals surface area contributed by atoms with E-state index in [1.807, 2.05) is 24.3 Å². The van der Waals surface area contributed by atoms with E-state index in [2.05, 4.69) is 0 Å². The normalized spacial score (nSPS) is 10.0. The summed E-state index contributed by atoms with van der Waals surface area (Å²) in [4.78, 5) is 0. The van der Waals surface area contributed by atoms with E-state index < -0.39 is 0 Å². The number of aliphatic hydroxyl groups is 1. The molecule has 4 heteroatoms. The Morgan fingerprint density at radius 1 is 1.13 bits per heavy atom. The van der Waals surface area contributed by atoms with Crippen LogP contribution in [-0.2, 0) is 4.74 Å². The summed E-state index contributed by atoms with van der Waals surface area (Å²) < 4.78 is 15.5. The molecular weight excluding hydrogens is 196 g/mol. The zero-order valence-electron chi connectivity index (χ0n) is 8.81. The fourth-order valence-electron chi connectivity index (χ4n) is 1.08. The third-order valence-corrected chi connectivity index (χ3v) is 1.77. The first kappa shape index (κ1) is 11.8. The summed E-state index contributed by atoms with van der Waals surface area (Å²) in [6, 6.07) is 7.39. The lowest BCUT2D eigenvalue weighted by molar-refractivity contribution is 0.0705. The summed E-state index contributed by atoms with van der Waals surface area (Å²) >= 11 is 0. The Morgan fingerprint density at radius 2 is 1.93 bits per heavy atom. The number of benzene rings is 1. The van der Waals surface area contributed by atoms with Gasteiger partial charge in [-0.25, -0.2) is 0 Å². The highest BCUT2D eigenvalue weighted by Crippen LogP contribution is 2.18. The first-order chi connectivity index (χ1) is 7.36. The van der Waals surface area contributed by atoms with Crippen LogP contribution >= 0.6 is 0 Å². The minimum Gasteiger partial charge on any atom is -0.497 e. The Hall–Kier alpha value is -1.26. The standard InChI is InChI=1S/C11H16O4/c1-13-10-3-2-4-11(9-10)15-8-7-14-6-5-12/h2-4,9,12H,5-8H2,1H3. The molecule has 0 fully saturated rings. The Kier molecular flexibility index (Phi) is 5.58. The van der Waals surface area contributed by atoms with E-state index in [9.17, 15) is 0 Å².